The first-order chi connectivity index (χ1) is 12.7. The van der Waals surface area contributed by atoms with E-state index < -0.39 is 0 Å². The number of methoxy groups -OCH3 is 1. The van der Waals surface area contributed by atoms with Crippen molar-refractivity contribution in [1.29, 1.82) is 0 Å². The van der Waals surface area contributed by atoms with Crippen LogP contribution in [0.1, 0.15) is 17.2 Å². The molecule has 26 heavy (non-hydrogen) atoms. The molecule has 2 aromatic carbocycles. The van der Waals surface area contributed by atoms with Crippen molar-refractivity contribution in [3.05, 3.63) is 63.1 Å². The highest BCUT2D eigenvalue weighted by Gasteiger charge is 2.11. The Morgan fingerprint density at radius 2 is 2.00 bits per heavy atom. The SMILES string of the molecule is COCCOCOc1c(Br)cc(Cl)cc1C=N[C@@H](CO)c1ccccc1. The summed E-state index contributed by atoms with van der Waals surface area (Å²) in [4.78, 5) is 4.49. The molecule has 0 aliphatic heterocycles. The van der Waals surface area contributed by atoms with Gasteiger partial charge >= 0.3 is 0 Å². The predicted octanol–water partition coefficient (Wildman–Crippen LogP) is 4.25. The largest absolute Gasteiger partial charge is 0.466 e. The molecule has 5 nitrogen and oxygen atoms in total. The molecule has 0 saturated heterocycles. The highest BCUT2D eigenvalue weighted by Crippen LogP contribution is 2.32. The zero-order chi connectivity index (χ0) is 18.8. The second-order valence-corrected chi connectivity index (χ2v) is 6.65. The first kappa shape index (κ1) is 20.9. The summed E-state index contributed by atoms with van der Waals surface area (Å²) >= 11 is 9.60. The molecule has 0 radical (unpaired) electrons. The standard InChI is InChI=1S/C19H21BrClNO4/c1-24-7-8-25-13-26-19-15(9-16(21)10-17(19)20)11-22-18(12-23)14-5-3-2-4-6-14/h2-6,9-11,18,23H,7-8,12-13H2,1H3/t18-/m0/s1. The number of nitrogens with zero attached hydrogens (tertiary/aromatic N) is 1. The Balaban J connectivity index is 2.16. The van der Waals surface area contributed by atoms with E-state index in [1.807, 2.05) is 30.3 Å². The van der Waals surface area contributed by atoms with E-state index in [9.17, 15) is 5.11 Å². The van der Waals surface area contributed by atoms with Crippen molar-refractivity contribution < 1.29 is 19.3 Å². The molecule has 0 spiro atoms. The van der Waals surface area contributed by atoms with Crippen molar-refractivity contribution in [2.75, 3.05) is 33.7 Å². The summed E-state index contributed by atoms with van der Waals surface area (Å²) in [7, 11) is 1.61. The van der Waals surface area contributed by atoms with E-state index in [2.05, 4.69) is 20.9 Å². The fraction of sp³-hybridized carbons (Fsp3) is 0.316. The van der Waals surface area contributed by atoms with Gasteiger partial charge in [-0.2, -0.15) is 0 Å². The molecule has 2 aromatic rings. The number of aliphatic hydroxyl groups is 1. The van der Waals surface area contributed by atoms with E-state index in [-0.39, 0.29) is 19.4 Å². The minimum Gasteiger partial charge on any atom is -0.466 e. The second kappa shape index (κ2) is 11.3. The monoisotopic (exact) mass is 441 g/mol. The molecule has 7 heteroatoms. The molecule has 0 fully saturated rings. The van der Waals surface area contributed by atoms with E-state index >= 15 is 0 Å². The van der Waals surface area contributed by atoms with Crippen LogP contribution in [0.15, 0.2) is 51.9 Å². The average Bonchev–Trinajstić information content (AvgIpc) is 2.64. The van der Waals surface area contributed by atoms with Gasteiger partial charge < -0.3 is 19.3 Å². The van der Waals surface area contributed by atoms with Gasteiger partial charge in [0.2, 0.25) is 0 Å². The molecule has 0 saturated carbocycles. The van der Waals surface area contributed by atoms with Gasteiger partial charge in [0.05, 0.1) is 30.3 Å². The third kappa shape index (κ3) is 6.37. The quantitative estimate of drug-likeness (QED) is 0.339. The summed E-state index contributed by atoms with van der Waals surface area (Å²) in [6, 6.07) is 12.7. The maximum atomic E-state index is 9.65. The molecular weight excluding hydrogens is 422 g/mol. The van der Waals surface area contributed by atoms with Gasteiger partial charge in [-0.3, -0.25) is 4.99 Å². The van der Waals surface area contributed by atoms with Gasteiger partial charge in [-0.25, -0.2) is 0 Å². The fourth-order valence-corrected chi connectivity index (χ4v) is 3.16. The van der Waals surface area contributed by atoms with Crippen molar-refractivity contribution in [3.63, 3.8) is 0 Å². The maximum absolute atomic E-state index is 9.65. The average molecular weight is 443 g/mol. The zero-order valence-electron chi connectivity index (χ0n) is 14.4. The lowest BCUT2D eigenvalue weighted by Crippen LogP contribution is -2.09. The van der Waals surface area contributed by atoms with Crippen LogP contribution in [-0.2, 0) is 9.47 Å². The van der Waals surface area contributed by atoms with Crippen LogP contribution in [-0.4, -0.2) is 45.0 Å². The van der Waals surface area contributed by atoms with Gasteiger partial charge in [-0.15, -0.1) is 0 Å². The van der Waals surface area contributed by atoms with Gasteiger partial charge in [0.15, 0.2) is 6.79 Å². The molecular formula is C19H21BrClNO4. The summed E-state index contributed by atoms with van der Waals surface area (Å²) in [5, 5.41) is 10.2. The Labute approximate surface area is 166 Å². The second-order valence-electron chi connectivity index (χ2n) is 5.36. The van der Waals surface area contributed by atoms with Gasteiger partial charge in [-0.1, -0.05) is 41.9 Å². The van der Waals surface area contributed by atoms with Crippen molar-refractivity contribution in [2.45, 2.75) is 6.04 Å². The zero-order valence-corrected chi connectivity index (χ0v) is 16.7. The van der Waals surface area contributed by atoms with Crippen LogP contribution in [0.25, 0.3) is 0 Å². The van der Waals surface area contributed by atoms with Gasteiger partial charge in [0, 0.05) is 23.9 Å². The molecule has 0 unspecified atom stereocenters. The topological polar surface area (TPSA) is 60.3 Å². The Bertz CT molecular complexity index is 712. The number of hydrogen-bond donors (Lipinski definition) is 1. The Morgan fingerprint density at radius 1 is 1.23 bits per heavy atom. The Kier molecular flexibility index (Phi) is 9.08. The van der Waals surface area contributed by atoms with Crippen molar-refractivity contribution in [3.8, 4) is 5.75 Å². The number of aliphatic imine (C=N–C) groups is 1. The van der Waals surface area contributed by atoms with Gasteiger partial charge in [0.25, 0.3) is 0 Å². The molecule has 0 amide bonds. The number of benzene rings is 2. The normalized spacial score (nSPS) is 12.5. The number of halogens is 2. The summed E-state index contributed by atoms with van der Waals surface area (Å²) in [6.45, 7) is 0.908. The van der Waals surface area contributed by atoms with E-state index in [4.69, 9.17) is 25.8 Å². The third-order valence-corrected chi connectivity index (χ3v) is 4.31. The Morgan fingerprint density at radius 3 is 2.69 bits per heavy atom. The fourth-order valence-electron chi connectivity index (χ4n) is 2.21. The summed E-state index contributed by atoms with van der Waals surface area (Å²) in [5.41, 5.74) is 1.62. The van der Waals surface area contributed by atoms with Crippen LogP contribution in [0.5, 0.6) is 5.75 Å². The van der Waals surface area contributed by atoms with Crippen LogP contribution >= 0.6 is 27.5 Å². The third-order valence-electron chi connectivity index (χ3n) is 3.51. The van der Waals surface area contributed by atoms with Crippen LogP contribution in [0.2, 0.25) is 5.02 Å². The lowest BCUT2D eigenvalue weighted by atomic mass is 10.1. The number of aliphatic hydroxyl groups excluding tert-OH is 1. The Hall–Kier alpha value is -1.44. The van der Waals surface area contributed by atoms with Crippen LogP contribution in [0.3, 0.4) is 0 Å². The van der Waals surface area contributed by atoms with Crippen LogP contribution in [0.4, 0.5) is 0 Å². The minimum atomic E-state index is -0.361. The van der Waals surface area contributed by atoms with Crippen molar-refractivity contribution in [2.24, 2.45) is 4.99 Å². The molecule has 0 aliphatic carbocycles. The summed E-state index contributed by atoms with van der Waals surface area (Å²) < 4.78 is 16.7. The highest BCUT2D eigenvalue weighted by atomic mass is 79.9. The molecule has 0 aliphatic rings. The lowest BCUT2D eigenvalue weighted by Gasteiger charge is -2.13. The van der Waals surface area contributed by atoms with Crippen molar-refractivity contribution in [1.82, 2.24) is 0 Å². The van der Waals surface area contributed by atoms with Crippen molar-refractivity contribution >= 4 is 33.7 Å². The van der Waals surface area contributed by atoms with Crippen LogP contribution < -0.4 is 4.74 Å². The minimum absolute atomic E-state index is 0.0759. The molecule has 1 atom stereocenters. The molecule has 2 rings (SSSR count). The van der Waals surface area contributed by atoms with E-state index in [1.165, 1.54) is 0 Å². The number of rotatable bonds is 10. The first-order valence-electron chi connectivity index (χ1n) is 8.03. The molecule has 140 valence electrons. The smallest absolute Gasteiger partial charge is 0.189 e. The van der Waals surface area contributed by atoms with E-state index in [1.54, 1.807) is 25.5 Å². The number of ether oxygens (including phenoxy) is 3. The molecule has 0 aromatic heterocycles. The van der Waals surface area contributed by atoms with E-state index in [0.717, 1.165) is 5.56 Å². The lowest BCUT2D eigenvalue weighted by molar-refractivity contribution is -0.00885. The molecule has 1 N–H and O–H groups in total. The number of hydrogen-bond acceptors (Lipinski definition) is 5. The highest BCUT2D eigenvalue weighted by molar-refractivity contribution is 9.10. The summed E-state index contributed by atoms with van der Waals surface area (Å²) in [5.74, 6) is 0.570. The van der Waals surface area contributed by atoms with E-state index in [0.29, 0.717) is 34.0 Å². The maximum Gasteiger partial charge on any atom is 0.189 e. The molecule has 0 heterocycles. The van der Waals surface area contributed by atoms with Gasteiger partial charge in [-0.05, 0) is 33.6 Å². The first-order valence-corrected chi connectivity index (χ1v) is 9.20. The molecule has 0 bridgehead atoms. The predicted molar refractivity (Wildman–Crippen MR) is 106 cm³/mol. The van der Waals surface area contributed by atoms with Crippen LogP contribution in [0, 0.1) is 0 Å². The van der Waals surface area contributed by atoms with Gasteiger partial charge in [0.1, 0.15) is 5.75 Å². The summed E-state index contributed by atoms with van der Waals surface area (Å²) in [6.07, 6.45) is 1.65.